The van der Waals surface area contributed by atoms with Gasteiger partial charge in [0.1, 0.15) is 0 Å². The minimum absolute atomic E-state index is 0.363. The molecule has 0 bridgehead atoms. The van der Waals surface area contributed by atoms with Gasteiger partial charge in [-0.2, -0.15) is 0 Å². The van der Waals surface area contributed by atoms with Gasteiger partial charge in [-0.05, 0) is 34.0 Å². The van der Waals surface area contributed by atoms with Gasteiger partial charge in [0.2, 0.25) is 0 Å². The van der Waals surface area contributed by atoms with Crippen molar-refractivity contribution < 1.29 is 9.90 Å². The zero-order valence-corrected chi connectivity index (χ0v) is 15.3. The largest absolute Gasteiger partial charge is 0.478 e. The SMILES string of the molecule is O=C(O)c1cccc(CN2CCN(Cc3cccc4ccccc34)CC2)c1. The summed E-state index contributed by atoms with van der Waals surface area (Å²) < 4.78 is 0. The molecule has 0 aliphatic carbocycles. The molecule has 1 saturated heterocycles. The van der Waals surface area contributed by atoms with Gasteiger partial charge in [-0.15, -0.1) is 0 Å². The van der Waals surface area contributed by atoms with E-state index in [1.807, 2.05) is 12.1 Å². The highest BCUT2D eigenvalue weighted by molar-refractivity contribution is 5.87. The number of nitrogens with zero attached hydrogens (tertiary/aromatic N) is 2. The molecular weight excluding hydrogens is 336 g/mol. The van der Waals surface area contributed by atoms with Crippen molar-refractivity contribution in [1.82, 2.24) is 9.80 Å². The van der Waals surface area contributed by atoms with Gasteiger partial charge in [-0.3, -0.25) is 9.80 Å². The van der Waals surface area contributed by atoms with Gasteiger partial charge in [-0.1, -0.05) is 54.6 Å². The number of fused-ring (bicyclic) bond motifs is 1. The van der Waals surface area contributed by atoms with Crippen LogP contribution in [0.1, 0.15) is 21.5 Å². The van der Waals surface area contributed by atoms with E-state index in [1.165, 1.54) is 16.3 Å². The number of hydrogen-bond donors (Lipinski definition) is 1. The molecule has 4 heteroatoms. The van der Waals surface area contributed by atoms with Crippen molar-refractivity contribution in [1.29, 1.82) is 0 Å². The first-order valence-corrected chi connectivity index (χ1v) is 9.42. The first-order chi connectivity index (χ1) is 13.2. The van der Waals surface area contributed by atoms with Crippen LogP contribution in [0.3, 0.4) is 0 Å². The minimum Gasteiger partial charge on any atom is -0.478 e. The molecule has 1 heterocycles. The van der Waals surface area contributed by atoms with Gasteiger partial charge in [0.15, 0.2) is 0 Å². The molecule has 3 aromatic rings. The molecule has 3 aromatic carbocycles. The van der Waals surface area contributed by atoms with Crippen molar-refractivity contribution in [2.45, 2.75) is 13.1 Å². The average molecular weight is 360 g/mol. The summed E-state index contributed by atoms with van der Waals surface area (Å²) in [7, 11) is 0. The molecule has 0 aromatic heterocycles. The summed E-state index contributed by atoms with van der Waals surface area (Å²) in [4.78, 5) is 16.0. The molecular formula is C23H24N2O2. The summed E-state index contributed by atoms with van der Waals surface area (Å²) in [6.45, 7) is 5.85. The second kappa shape index (κ2) is 7.91. The Kier molecular flexibility index (Phi) is 5.19. The van der Waals surface area contributed by atoms with Crippen LogP contribution >= 0.6 is 0 Å². The van der Waals surface area contributed by atoms with Crippen molar-refractivity contribution in [3.63, 3.8) is 0 Å². The smallest absolute Gasteiger partial charge is 0.335 e. The summed E-state index contributed by atoms with van der Waals surface area (Å²) in [6, 6.07) is 22.4. The van der Waals surface area contributed by atoms with Crippen molar-refractivity contribution in [2.75, 3.05) is 26.2 Å². The zero-order valence-electron chi connectivity index (χ0n) is 15.3. The maximum Gasteiger partial charge on any atom is 0.335 e. The van der Waals surface area contributed by atoms with E-state index in [0.717, 1.165) is 44.8 Å². The maximum absolute atomic E-state index is 11.1. The summed E-state index contributed by atoms with van der Waals surface area (Å²) in [5.74, 6) is -0.864. The molecule has 0 spiro atoms. The first-order valence-electron chi connectivity index (χ1n) is 9.42. The van der Waals surface area contributed by atoms with Crippen LogP contribution in [0.4, 0.5) is 0 Å². The topological polar surface area (TPSA) is 43.8 Å². The quantitative estimate of drug-likeness (QED) is 0.750. The molecule has 138 valence electrons. The van der Waals surface area contributed by atoms with E-state index in [2.05, 4.69) is 52.3 Å². The number of piperazine rings is 1. The summed E-state index contributed by atoms with van der Waals surface area (Å²) in [6.07, 6.45) is 0. The monoisotopic (exact) mass is 360 g/mol. The highest BCUT2D eigenvalue weighted by Gasteiger charge is 2.18. The molecule has 0 unspecified atom stereocenters. The van der Waals surface area contributed by atoms with Crippen LogP contribution in [-0.4, -0.2) is 47.1 Å². The van der Waals surface area contributed by atoms with Gasteiger partial charge < -0.3 is 5.11 Å². The molecule has 1 N–H and O–H groups in total. The van der Waals surface area contributed by atoms with Gasteiger partial charge in [0.25, 0.3) is 0 Å². The van der Waals surface area contributed by atoms with Crippen molar-refractivity contribution >= 4 is 16.7 Å². The standard InChI is InChI=1S/C23H24N2O2/c26-23(27)20-8-3-5-18(15-20)16-24-11-13-25(14-12-24)17-21-9-4-7-19-6-1-2-10-22(19)21/h1-10,15H,11-14,16-17H2,(H,26,27). The molecule has 27 heavy (non-hydrogen) atoms. The highest BCUT2D eigenvalue weighted by atomic mass is 16.4. The van der Waals surface area contributed by atoms with E-state index in [1.54, 1.807) is 12.1 Å². The third-order valence-electron chi connectivity index (χ3n) is 5.32. The fourth-order valence-corrected chi connectivity index (χ4v) is 3.84. The van der Waals surface area contributed by atoms with E-state index in [9.17, 15) is 4.79 Å². The maximum atomic E-state index is 11.1. The van der Waals surface area contributed by atoms with Gasteiger partial charge in [0.05, 0.1) is 5.56 Å². The number of benzene rings is 3. The number of carboxylic acids is 1. The third kappa shape index (κ3) is 4.18. The van der Waals surface area contributed by atoms with Crippen LogP contribution in [0.2, 0.25) is 0 Å². The lowest BCUT2D eigenvalue weighted by atomic mass is 10.0. The molecule has 1 fully saturated rings. The van der Waals surface area contributed by atoms with Gasteiger partial charge in [-0.25, -0.2) is 4.79 Å². The molecule has 1 aliphatic heterocycles. The Balaban J connectivity index is 1.36. The van der Waals surface area contributed by atoms with Crippen molar-refractivity contribution in [2.24, 2.45) is 0 Å². The lowest BCUT2D eigenvalue weighted by Gasteiger charge is -2.35. The molecule has 0 saturated carbocycles. The van der Waals surface area contributed by atoms with E-state index in [0.29, 0.717) is 5.56 Å². The number of carboxylic acid groups (broad SMARTS) is 1. The lowest BCUT2D eigenvalue weighted by Crippen LogP contribution is -2.45. The second-order valence-corrected chi connectivity index (χ2v) is 7.20. The number of carbonyl (C=O) groups is 1. The predicted molar refractivity (Wildman–Crippen MR) is 108 cm³/mol. The average Bonchev–Trinajstić information content (AvgIpc) is 2.70. The minimum atomic E-state index is -0.864. The summed E-state index contributed by atoms with van der Waals surface area (Å²) >= 11 is 0. The van der Waals surface area contributed by atoms with E-state index < -0.39 is 5.97 Å². The fourth-order valence-electron chi connectivity index (χ4n) is 3.84. The van der Waals surface area contributed by atoms with Crippen LogP contribution in [0.5, 0.6) is 0 Å². The van der Waals surface area contributed by atoms with Crippen LogP contribution < -0.4 is 0 Å². The van der Waals surface area contributed by atoms with Crippen LogP contribution in [0.15, 0.2) is 66.7 Å². The molecule has 1 aliphatic rings. The van der Waals surface area contributed by atoms with E-state index in [-0.39, 0.29) is 0 Å². The predicted octanol–water partition coefficient (Wildman–Crippen LogP) is 3.86. The molecule has 0 atom stereocenters. The number of rotatable bonds is 5. The molecule has 0 radical (unpaired) electrons. The zero-order chi connectivity index (χ0) is 18.6. The second-order valence-electron chi connectivity index (χ2n) is 7.20. The summed E-state index contributed by atoms with van der Waals surface area (Å²) in [5.41, 5.74) is 2.82. The van der Waals surface area contributed by atoms with Crippen molar-refractivity contribution in [3.05, 3.63) is 83.4 Å². The van der Waals surface area contributed by atoms with Crippen LogP contribution in [0, 0.1) is 0 Å². The Morgan fingerprint density at radius 1 is 0.815 bits per heavy atom. The Bertz CT molecular complexity index is 941. The van der Waals surface area contributed by atoms with E-state index in [4.69, 9.17) is 5.11 Å². The van der Waals surface area contributed by atoms with Crippen LogP contribution in [0.25, 0.3) is 10.8 Å². The normalized spacial score (nSPS) is 15.9. The lowest BCUT2D eigenvalue weighted by molar-refractivity contribution is 0.0696. The Hall–Kier alpha value is -2.69. The molecule has 4 nitrogen and oxygen atoms in total. The van der Waals surface area contributed by atoms with Gasteiger partial charge in [0, 0.05) is 39.3 Å². The number of hydrogen-bond acceptors (Lipinski definition) is 3. The third-order valence-corrected chi connectivity index (χ3v) is 5.32. The van der Waals surface area contributed by atoms with E-state index >= 15 is 0 Å². The Morgan fingerprint density at radius 3 is 2.26 bits per heavy atom. The first kappa shape index (κ1) is 17.7. The molecule has 4 rings (SSSR count). The van der Waals surface area contributed by atoms with Gasteiger partial charge >= 0.3 is 5.97 Å². The summed E-state index contributed by atoms with van der Waals surface area (Å²) in [5, 5.41) is 11.8. The molecule has 0 amide bonds. The van der Waals surface area contributed by atoms with Crippen molar-refractivity contribution in [3.8, 4) is 0 Å². The Labute approximate surface area is 159 Å². The fraction of sp³-hybridized carbons (Fsp3) is 0.261. The number of aromatic carboxylic acids is 1. The Morgan fingerprint density at radius 2 is 1.48 bits per heavy atom. The highest BCUT2D eigenvalue weighted by Crippen LogP contribution is 2.21. The van der Waals surface area contributed by atoms with Crippen LogP contribution in [-0.2, 0) is 13.1 Å².